The van der Waals surface area contributed by atoms with Crippen molar-refractivity contribution in [2.45, 2.75) is 39.5 Å². The lowest BCUT2D eigenvalue weighted by atomic mass is 10.0. The summed E-state index contributed by atoms with van der Waals surface area (Å²) in [7, 11) is 0. The van der Waals surface area contributed by atoms with E-state index in [1.165, 1.54) is 10.9 Å². The summed E-state index contributed by atoms with van der Waals surface area (Å²) in [5.41, 5.74) is 3.37. The number of nitrogens with one attached hydrogen (secondary N) is 1. The molecule has 0 aliphatic heterocycles. The number of carbonyl (C=O) groups is 2. The minimum Gasteiger partial charge on any atom is -0.358 e. The second-order valence-electron chi connectivity index (χ2n) is 5.03. The zero-order valence-electron chi connectivity index (χ0n) is 11.5. The third-order valence-corrected chi connectivity index (χ3v) is 3.36. The molecule has 0 radical (unpaired) electrons. The van der Waals surface area contributed by atoms with Gasteiger partial charge in [-0.25, -0.2) is 0 Å². The summed E-state index contributed by atoms with van der Waals surface area (Å²) in [5, 5.41) is 1.17. The van der Waals surface area contributed by atoms with Crippen molar-refractivity contribution in [3.8, 4) is 0 Å². The first-order chi connectivity index (χ1) is 9.08. The lowest BCUT2D eigenvalue weighted by molar-refractivity contribution is -0.117. The van der Waals surface area contributed by atoms with Crippen LogP contribution in [-0.4, -0.2) is 16.6 Å². The average molecular weight is 257 g/mol. The molecular formula is C16H19NO2. The Kier molecular flexibility index (Phi) is 4.15. The van der Waals surface area contributed by atoms with Crippen LogP contribution in [0, 0.1) is 0 Å². The molecule has 1 aromatic carbocycles. The van der Waals surface area contributed by atoms with E-state index in [0.717, 1.165) is 24.1 Å². The van der Waals surface area contributed by atoms with Crippen LogP contribution in [0.25, 0.3) is 10.9 Å². The van der Waals surface area contributed by atoms with E-state index in [2.05, 4.69) is 11.1 Å². The highest BCUT2D eigenvalue weighted by molar-refractivity contribution is 5.86. The zero-order valence-corrected chi connectivity index (χ0v) is 11.5. The molecule has 1 heterocycles. The lowest BCUT2D eigenvalue weighted by Gasteiger charge is -2.03. The zero-order chi connectivity index (χ0) is 13.8. The van der Waals surface area contributed by atoms with Gasteiger partial charge in [-0.3, -0.25) is 0 Å². The predicted octanol–water partition coefficient (Wildman–Crippen LogP) is 3.21. The number of hydrogen-bond donors (Lipinski definition) is 1. The number of aryl methyl sites for hydroxylation is 2. The average Bonchev–Trinajstić information content (AvgIpc) is 2.71. The summed E-state index contributed by atoms with van der Waals surface area (Å²) in [4.78, 5) is 25.7. The number of rotatable bonds is 6. The van der Waals surface area contributed by atoms with Crippen LogP contribution in [0.15, 0.2) is 24.3 Å². The van der Waals surface area contributed by atoms with Crippen molar-refractivity contribution in [2.75, 3.05) is 0 Å². The van der Waals surface area contributed by atoms with E-state index in [-0.39, 0.29) is 11.6 Å². The minimum atomic E-state index is 0.191. The first kappa shape index (κ1) is 13.5. The van der Waals surface area contributed by atoms with Gasteiger partial charge in [-0.15, -0.1) is 0 Å². The number of carbonyl (C=O) groups excluding carboxylic acids is 2. The van der Waals surface area contributed by atoms with Gasteiger partial charge < -0.3 is 14.6 Å². The minimum absolute atomic E-state index is 0.191. The standard InChI is InChI=1S/C16H19NO2/c1-11(18)7-9-14-13-5-3-4-6-15(13)17-16(14)10-8-12(2)19/h3-6,17H,7-10H2,1-2H3. The maximum atomic E-state index is 11.2. The van der Waals surface area contributed by atoms with E-state index in [1.54, 1.807) is 13.8 Å². The van der Waals surface area contributed by atoms with Gasteiger partial charge in [0.25, 0.3) is 0 Å². The SMILES string of the molecule is CC(=O)CCc1[nH]c2ccccc2c1CCC(C)=O. The molecular weight excluding hydrogens is 238 g/mol. The molecule has 3 heteroatoms. The quantitative estimate of drug-likeness (QED) is 0.863. The third-order valence-electron chi connectivity index (χ3n) is 3.36. The van der Waals surface area contributed by atoms with E-state index in [9.17, 15) is 9.59 Å². The number of H-pyrrole nitrogens is 1. The monoisotopic (exact) mass is 257 g/mol. The molecule has 0 aliphatic carbocycles. The number of para-hydroxylation sites is 1. The summed E-state index contributed by atoms with van der Waals surface area (Å²) in [6.45, 7) is 3.22. The van der Waals surface area contributed by atoms with E-state index < -0.39 is 0 Å². The highest BCUT2D eigenvalue weighted by Crippen LogP contribution is 2.24. The Bertz CT molecular complexity index is 610. The predicted molar refractivity (Wildman–Crippen MR) is 76.3 cm³/mol. The van der Waals surface area contributed by atoms with Gasteiger partial charge >= 0.3 is 0 Å². The molecule has 0 atom stereocenters. The number of aromatic nitrogens is 1. The maximum absolute atomic E-state index is 11.2. The molecule has 1 aromatic heterocycles. The van der Waals surface area contributed by atoms with E-state index in [1.807, 2.05) is 18.2 Å². The van der Waals surface area contributed by atoms with Crippen molar-refractivity contribution in [3.05, 3.63) is 35.5 Å². The van der Waals surface area contributed by atoms with Gasteiger partial charge in [0.05, 0.1) is 0 Å². The highest BCUT2D eigenvalue weighted by atomic mass is 16.1. The van der Waals surface area contributed by atoms with Crippen LogP contribution in [0.1, 0.15) is 37.9 Å². The number of benzene rings is 1. The smallest absolute Gasteiger partial charge is 0.130 e. The van der Waals surface area contributed by atoms with Crippen molar-refractivity contribution < 1.29 is 9.59 Å². The molecule has 0 spiro atoms. The molecule has 0 saturated carbocycles. The molecule has 1 N–H and O–H groups in total. The molecule has 0 aliphatic rings. The fourth-order valence-corrected chi connectivity index (χ4v) is 2.36. The van der Waals surface area contributed by atoms with Crippen LogP contribution in [0.3, 0.4) is 0 Å². The molecule has 3 nitrogen and oxygen atoms in total. The Balaban J connectivity index is 2.33. The van der Waals surface area contributed by atoms with Gasteiger partial charge in [0.2, 0.25) is 0 Å². The number of ketones is 2. The molecule has 0 saturated heterocycles. The second-order valence-corrected chi connectivity index (χ2v) is 5.03. The normalized spacial score (nSPS) is 10.8. The Morgan fingerprint density at radius 1 is 1.00 bits per heavy atom. The third kappa shape index (κ3) is 3.31. The van der Waals surface area contributed by atoms with E-state index >= 15 is 0 Å². The van der Waals surface area contributed by atoms with Gasteiger partial charge in [-0.1, -0.05) is 18.2 Å². The molecule has 2 rings (SSSR count). The van der Waals surface area contributed by atoms with Crippen molar-refractivity contribution in [1.29, 1.82) is 0 Å². The Morgan fingerprint density at radius 3 is 2.32 bits per heavy atom. The molecule has 0 bridgehead atoms. The van der Waals surface area contributed by atoms with Crippen molar-refractivity contribution in [1.82, 2.24) is 4.98 Å². The Morgan fingerprint density at radius 2 is 1.63 bits per heavy atom. The maximum Gasteiger partial charge on any atom is 0.130 e. The first-order valence-electron chi connectivity index (χ1n) is 6.65. The number of hydrogen-bond acceptors (Lipinski definition) is 2. The molecule has 2 aromatic rings. The highest BCUT2D eigenvalue weighted by Gasteiger charge is 2.12. The number of fused-ring (bicyclic) bond motifs is 1. The molecule has 19 heavy (non-hydrogen) atoms. The number of Topliss-reactive ketones (excluding diaryl/α,β-unsaturated/α-hetero) is 2. The molecule has 100 valence electrons. The first-order valence-corrected chi connectivity index (χ1v) is 6.65. The van der Waals surface area contributed by atoms with E-state index in [4.69, 9.17) is 0 Å². The van der Waals surface area contributed by atoms with Crippen molar-refractivity contribution in [2.24, 2.45) is 0 Å². The lowest BCUT2D eigenvalue weighted by Crippen LogP contribution is -2.00. The summed E-state index contributed by atoms with van der Waals surface area (Å²) in [6, 6.07) is 8.09. The van der Waals surface area contributed by atoms with Crippen LogP contribution < -0.4 is 0 Å². The summed E-state index contributed by atoms with van der Waals surface area (Å²) >= 11 is 0. The molecule has 0 amide bonds. The summed E-state index contributed by atoms with van der Waals surface area (Å²) in [5.74, 6) is 0.388. The largest absolute Gasteiger partial charge is 0.358 e. The van der Waals surface area contributed by atoms with Crippen LogP contribution >= 0.6 is 0 Å². The second kappa shape index (κ2) is 5.83. The fourth-order valence-electron chi connectivity index (χ4n) is 2.36. The molecule has 0 fully saturated rings. The Labute approximate surface area is 113 Å². The van der Waals surface area contributed by atoms with Gasteiger partial charge in [-0.05, 0) is 38.3 Å². The van der Waals surface area contributed by atoms with Crippen LogP contribution in [0.2, 0.25) is 0 Å². The van der Waals surface area contributed by atoms with E-state index in [0.29, 0.717) is 12.8 Å². The van der Waals surface area contributed by atoms with Crippen molar-refractivity contribution in [3.63, 3.8) is 0 Å². The van der Waals surface area contributed by atoms with Crippen LogP contribution in [-0.2, 0) is 22.4 Å². The topological polar surface area (TPSA) is 49.9 Å². The van der Waals surface area contributed by atoms with Crippen LogP contribution in [0.4, 0.5) is 0 Å². The summed E-state index contributed by atoms with van der Waals surface area (Å²) in [6.07, 6.45) is 2.55. The van der Waals surface area contributed by atoms with Gasteiger partial charge in [0.15, 0.2) is 0 Å². The van der Waals surface area contributed by atoms with Gasteiger partial charge in [0.1, 0.15) is 11.6 Å². The molecule has 0 unspecified atom stereocenters. The fraction of sp³-hybridized carbons (Fsp3) is 0.375. The van der Waals surface area contributed by atoms with Crippen LogP contribution in [0.5, 0.6) is 0 Å². The van der Waals surface area contributed by atoms with Gasteiger partial charge in [0, 0.05) is 29.4 Å². The van der Waals surface area contributed by atoms with Gasteiger partial charge in [-0.2, -0.15) is 0 Å². The summed E-state index contributed by atoms with van der Waals surface area (Å²) < 4.78 is 0. The Hall–Kier alpha value is -1.90. The number of aromatic amines is 1. The van der Waals surface area contributed by atoms with Crippen molar-refractivity contribution >= 4 is 22.5 Å².